The van der Waals surface area contributed by atoms with Gasteiger partial charge in [0.1, 0.15) is 30.1 Å². The van der Waals surface area contributed by atoms with Crippen molar-refractivity contribution in [3.05, 3.63) is 72.7 Å². The number of anilines is 1. The van der Waals surface area contributed by atoms with Crippen LogP contribution in [0.1, 0.15) is 38.3 Å². The molecule has 7 nitrogen and oxygen atoms in total. The van der Waals surface area contributed by atoms with Crippen LogP contribution in [0.5, 0.6) is 5.75 Å². The van der Waals surface area contributed by atoms with Crippen LogP contribution in [0.25, 0.3) is 22.2 Å². The molecule has 1 saturated heterocycles. The van der Waals surface area contributed by atoms with Crippen molar-refractivity contribution < 1.29 is 9.47 Å². The molecule has 1 saturated carbocycles. The van der Waals surface area contributed by atoms with Gasteiger partial charge in [-0.2, -0.15) is 0 Å². The summed E-state index contributed by atoms with van der Waals surface area (Å²) in [5.74, 6) is 2.04. The average molecular weight is 498 g/mol. The topological polar surface area (TPSA) is 78.4 Å². The normalized spacial score (nSPS) is 24.2. The number of aromatic nitrogens is 3. The molecule has 0 bridgehead atoms. The van der Waals surface area contributed by atoms with Crippen LogP contribution in [-0.4, -0.2) is 51.3 Å². The van der Waals surface area contributed by atoms with E-state index in [0.717, 1.165) is 65.9 Å². The van der Waals surface area contributed by atoms with Crippen molar-refractivity contribution in [2.45, 2.75) is 51.5 Å². The Labute approximate surface area is 218 Å². The minimum absolute atomic E-state index is 0.308. The fourth-order valence-electron chi connectivity index (χ4n) is 5.98. The number of rotatable bonds is 7. The number of ether oxygens (including phenoxy) is 2. The summed E-state index contributed by atoms with van der Waals surface area (Å²) in [6.07, 6.45) is 6.70. The number of nitrogens with zero attached hydrogens (tertiary/aromatic N) is 4. The minimum Gasteiger partial charge on any atom is -0.489 e. The Morgan fingerprint density at radius 2 is 1.78 bits per heavy atom. The molecule has 0 radical (unpaired) electrons. The van der Waals surface area contributed by atoms with Gasteiger partial charge in [0.15, 0.2) is 0 Å². The van der Waals surface area contributed by atoms with Crippen molar-refractivity contribution in [1.82, 2.24) is 19.4 Å². The van der Waals surface area contributed by atoms with Crippen LogP contribution >= 0.6 is 0 Å². The van der Waals surface area contributed by atoms with Gasteiger partial charge in [0, 0.05) is 37.4 Å². The monoisotopic (exact) mass is 497 g/mol. The predicted octanol–water partition coefficient (Wildman–Crippen LogP) is 5.32. The Hall–Kier alpha value is -3.42. The molecule has 37 heavy (non-hydrogen) atoms. The van der Waals surface area contributed by atoms with Crippen molar-refractivity contribution >= 4 is 16.9 Å². The van der Waals surface area contributed by atoms with E-state index >= 15 is 0 Å². The van der Waals surface area contributed by atoms with Crippen molar-refractivity contribution in [2.24, 2.45) is 5.92 Å². The van der Waals surface area contributed by atoms with Crippen molar-refractivity contribution in [1.29, 1.82) is 0 Å². The minimum atomic E-state index is 0.308. The Morgan fingerprint density at radius 3 is 2.57 bits per heavy atom. The molecule has 6 rings (SSSR count). The molecule has 7 heteroatoms. The van der Waals surface area contributed by atoms with Gasteiger partial charge in [0.25, 0.3) is 0 Å². The number of hydrogen-bond donors (Lipinski definition) is 1. The molecular formula is C30H35N5O2. The molecule has 0 spiro atoms. The van der Waals surface area contributed by atoms with Crippen LogP contribution < -0.4 is 10.5 Å². The third-order valence-corrected chi connectivity index (χ3v) is 7.65. The van der Waals surface area contributed by atoms with E-state index in [9.17, 15) is 0 Å². The molecule has 0 amide bonds. The Bertz CT molecular complexity index is 1360. The molecule has 2 atom stereocenters. The van der Waals surface area contributed by atoms with Crippen molar-refractivity contribution in [2.75, 3.05) is 25.4 Å². The van der Waals surface area contributed by atoms with E-state index in [2.05, 4.69) is 63.7 Å². The van der Waals surface area contributed by atoms with Gasteiger partial charge >= 0.3 is 0 Å². The van der Waals surface area contributed by atoms with Crippen LogP contribution in [0.4, 0.5) is 5.82 Å². The third kappa shape index (κ3) is 5.06. The lowest BCUT2D eigenvalue weighted by Gasteiger charge is -2.42. The summed E-state index contributed by atoms with van der Waals surface area (Å²) in [6, 6.07) is 18.8. The lowest BCUT2D eigenvalue weighted by Crippen LogP contribution is -2.48. The van der Waals surface area contributed by atoms with E-state index < -0.39 is 0 Å². The summed E-state index contributed by atoms with van der Waals surface area (Å²) < 4.78 is 14.3. The van der Waals surface area contributed by atoms with Crippen LogP contribution in [0, 0.1) is 5.92 Å². The first-order valence-corrected chi connectivity index (χ1v) is 13.3. The van der Waals surface area contributed by atoms with Gasteiger partial charge in [-0.1, -0.05) is 42.5 Å². The maximum atomic E-state index is 6.40. The van der Waals surface area contributed by atoms with Gasteiger partial charge in [-0.3, -0.25) is 4.90 Å². The second-order valence-electron chi connectivity index (χ2n) is 10.7. The molecule has 1 aliphatic heterocycles. The Balaban J connectivity index is 1.21. The number of benzene rings is 2. The van der Waals surface area contributed by atoms with E-state index in [-0.39, 0.29) is 0 Å². The molecule has 2 fully saturated rings. The molecule has 2 aromatic carbocycles. The lowest BCUT2D eigenvalue weighted by molar-refractivity contribution is -0.0756. The summed E-state index contributed by atoms with van der Waals surface area (Å²) in [6.45, 7) is 8.06. The van der Waals surface area contributed by atoms with E-state index in [4.69, 9.17) is 15.2 Å². The first-order chi connectivity index (χ1) is 18.0. The third-order valence-electron chi connectivity index (χ3n) is 7.65. The number of hydrogen-bond acceptors (Lipinski definition) is 6. The fourth-order valence-corrected chi connectivity index (χ4v) is 5.98. The molecule has 2 unspecified atom stereocenters. The van der Waals surface area contributed by atoms with Gasteiger partial charge < -0.3 is 19.8 Å². The summed E-state index contributed by atoms with van der Waals surface area (Å²) in [4.78, 5) is 11.6. The molecule has 3 heterocycles. The Morgan fingerprint density at radius 1 is 1.00 bits per heavy atom. The summed E-state index contributed by atoms with van der Waals surface area (Å²) >= 11 is 0. The number of nitrogen functional groups attached to an aromatic ring is 1. The van der Waals surface area contributed by atoms with Gasteiger partial charge in [-0.05, 0) is 55.9 Å². The zero-order valence-corrected chi connectivity index (χ0v) is 21.6. The fraction of sp³-hybridized carbons (Fsp3) is 0.400. The Kier molecular flexibility index (Phi) is 6.57. The second-order valence-corrected chi connectivity index (χ2v) is 10.7. The highest BCUT2D eigenvalue weighted by atomic mass is 16.5. The van der Waals surface area contributed by atoms with Gasteiger partial charge in [-0.25, -0.2) is 9.97 Å². The van der Waals surface area contributed by atoms with E-state index in [1.807, 2.05) is 30.3 Å². The van der Waals surface area contributed by atoms with Gasteiger partial charge in [0.2, 0.25) is 0 Å². The SMILES string of the molecule is CC1CN(CC2CC(n3cc(-c4cccc(OCc5ccccc5)c4)c4c(N)ncnc43)C2)CC(C)O1. The average Bonchev–Trinajstić information content (AvgIpc) is 3.25. The zero-order chi connectivity index (χ0) is 25.4. The van der Waals surface area contributed by atoms with E-state index in [1.165, 1.54) is 0 Å². The number of nitrogens with two attached hydrogens (primary N) is 1. The molecule has 2 aliphatic rings. The first kappa shape index (κ1) is 23.9. The van der Waals surface area contributed by atoms with Crippen molar-refractivity contribution in [3.8, 4) is 16.9 Å². The lowest BCUT2D eigenvalue weighted by atomic mass is 9.79. The summed E-state index contributed by atoms with van der Waals surface area (Å²) in [5, 5.41) is 0.919. The van der Waals surface area contributed by atoms with Crippen LogP contribution in [-0.2, 0) is 11.3 Å². The molecule has 1 aliphatic carbocycles. The van der Waals surface area contributed by atoms with Gasteiger partial charge in [0.05, 0.1) is 17.6 Å². The summed E-state index contributed by atoms with van der Waals surface area (Å²) in [5.41, 5.74) is 10.6. The van der Waals surface area contributed by atoms with Crippen LogP contribution in [0.2, 0.25) is 0 Å². The maximum absolute atomic E-state index is 6.40. The summed E-state index contributed by atoms with van der Waals surface area (Å²) in [7, 11) is 0. The number of morpholine rings is 1. The van der Waals surface area contributed by atoms with E-state index in [0.29, 0.717) is 36.6 Å². The second kappa shape index (κ2) is 10.1. The van der Waals surface area contributed by atoms with Crippen LogP contribution in [0.3, 0.4) is 0 Å². The molecule has 2 N–H and O–H groups in total. The standard InChI is InChI=1S/C30H35N5O2/c1-20-14-34(15-21(2)37-20)16-23-11-25(12-23)35-17-27(28-29(31)32-19-33-30(28)35)24-9-6-10-26(13-24)36-18-22-7-4-3-5-8-22/h3-10,13,17,19-21,23,25H,11-12,14-16,18H2,1-2H3,(H2,31,32,33). The first-order valence-electron chi connectivity index (χ1n) is 13.3. The molecule has 192 valence electrons. The maximum Gasteiger partial charge on any atom is 0.146 e. The van der Waals surface area contributed by atoms with Gasteiger partial charge in [-0.15, -0.1) is 0 Å². The predicted molar refractivity (Wildman–Crippen MR) is 146 cm³/mol. The smallest absolute Gasteiger partial charge is 0.146 e. The highest BCUT2D eigenvalue weighted by Gasteiger charge is 2.35. The van der Waals surface area contributed by atoms with E-state index in [1.54, 1.807) is 6.33 Å². The highest BCUT2D eigenvalue weighted by Crippen LogP contribution is 2.43. The van der Waals surface area contributed by atoms with Crippen LogP contribution in [0.15, 0.2) is 67.1 Å². The number of fused-ring (bicyclic) bond motifs is 1. The molecular weight excluding hydrogens is 462 g/mol. The molecule has 4 aromatic rings. The highest BCUT2D eigenvalue weighted by molar-refractivity contribution is 6.00. The van der Waals surface area contributed by atoms with Crippen molar-refractivity contribution in [3.63, 3.8) is 0 Å². The largest absolute Gasteiger partial charge is 0.489 e. The molecule has 2 aromatic heterocycles. The quantitative estimate of drug-likeness (QED) is 0.372. The zero-order valence-electron chi connectivity index (χ0n) is 21.6.